The molecule has 0 aliphatic carbocycles. The number of nitrogens with zero attached hydrogens (tertiary/aromatic N) is 1. The van der Waals surface area contributed by atoms with E-state index in [-0.39, 0.29) is 10.7 Å². The van der Waals surface area contributed by atoms with Crippen LogP contribution in [0.15, 0.2) is 23.4 Å². The Balaban J connectivity index is 2.68. The summed E-state index contributed by atoms with van der Waals surface area (Å²) in [6.45, 7) is 0.402. The van der Waals surface area contributed by atoms with Crippen molar-refractivity contribution < 1.29 is 8.42 Å². The summed E-state index contributed by atoms with van der Waals surface area (Å²) in [4.78, 5) is 3.77. The topological polar surface area (TPSA) is 85.1 Å². The molecule has 5 nitrogen and oxygen atoms in total. The minimum atomic E-state index is -3.57. The molecule has 1 aromatic heterocycles. The molecule has 0 spiro atoms. The van der Waals surface area contributed by atoms with Gasteiger partial charge in [0, 0.05) is 12.7 Å². The number of aromatic nitrogens is 1. The van der Waals surface area contributed by atoms with Crippen LogP contribution in [0.2, 0.25) is 0 Å². The molecular weight excluding hydrogens is 246 g/mol. The van der Waals surface area contributed by atoms with E-state index in [0.717, 1.165) is 12.2 Å². The third-order valence-electron chi connectivity index (χ3n) is 1.87. The van der Waals surface area contributed by atoms with Crippen molar-refractivity contribution in [2.45, 2.75) is 11.4 Å². The fourth-order valence-electron chi connectivity index (χ4n) is 1.12. The average molecular weight is 261 g/mol. The zero-order chi connectivity index (χ0) is 12.0. The number of nitrogens with one attached hydrogen (secondary N) is 1. The van der Waals surface area contributed by atoms with Crippen molar-refractivity contribution in [3.05, 3.63) is 18.3 Å². The molecule has 7 heteroatoms. The van der Waals surface area contributed by atoms with Gasteiger partial charge in [-0.05, 0) is 30.6 Å². The Kier molecular flexibility index (Phi) is 5.04. The number of anilines is 1. The van der Waals surface area contributed by atoms with Crippen LogP contribution in [0.4, 0.5) is 5.69 Å². The highest BCUT2D eigenvalue weighted by atomic mass is 32.2. The van der Waals surface area contributed by atoms with E-state index in [4.69, 9.17) is 5.73 Å². The second kappa shape index (κ2) is 6.07. The van der Waals surface area contributed by atoms with Gasteiger partial charge in [-0.2, -0.15) is 11.8 Å². The zero-order valence-corrected chi connectivity index (χ0v) is 10.6. The SMILES string of the molecule is CSCCCNS(=O)(=O)c1ncccc1N. The van der Waals surface area contributed by atoms with Gasteiger partial charge >= 0.3 is 0 Å². The number of thioether (sulfide) groups is 1. The highest BCUT2D eigenvalue weighted by Gasteiger charge is 2.17. The molecule has 0 unspecified atom stereocenters. The summed E-state index contributed by atoms with van der Waals surface area (Å²) < 4.78 is 26.0. The number of nitrogen functional groups attached to an aromatic ring is 1. The first-order chi connectivity index (χ1) is 7.58. The van der Waals surface area contributed by atoms with E-state index in [1.165, 1.54) is 12.3 Å². The second-order valence-electron chi connectivity index (χ2n) is 3.14. The summed E-state index contributed by atoms with van der Waals surface area (Å²) in [5.74, 6) is 0.917. The average Bonchev–Trinajstić information content (AvgIpc) is 2.25. The molecule has 1 heterocycles. The van der Waals surface area contributed by atoms with E-state index in [1.54, 1.807) is 17.8 Å². The lowest BCUT2D eigenvalue weighted by Crippen LogP contribution is -2.26. The summed E-state index contributed by atoms with van der Waals surface area (Å²) in [7, 11) is -3.57. The summed E-state index contributed by atoms with van der Waals surface area (Å²) in [6, 6.07) is 3.12. The van der Waals surface area contributed by atoms with Crippen LogP contribution in [0.1, 0.15) is 6.42 Å². The fraction of sp³-hybridized carbons (Fsp3) is 0.444. The molecule has 0 aromatic carbocycles. The van der Waals surface area contributed by atoms with Crippen molar-refractivity contribution in [3.63, 3.8) is 0 Å². The third-order valence-corrected chi connectivity index (χ3v) is 4.00. The quantitative estimate of drug-likeness (QED) is 0.736. The van der Waals surface area contributed by atoms with Gasteiger partial charge in [-0.25, -0.2) is 18.1 Å². The van der Waals surface area contributed by atoms with Crippen LogP contribution in [0.3, 0.4) is 0 Å². The maximum absolute atomic E-state index is 11.8. The molecule has 0 bridgehead atoms. The van der Waals surface area contributed by atoms with E-state index >= 15 is 0 Å². The fourth-order valence-corrected chi connectivity index (χ4v) is 2.68. The molecule has 16 heavy (non-hydrogen) atoms. The van der Waals surface area contributed by atoms with Gasteiger partial charge in [0.05, 0.1) is 5.69 Å². The Morgan fingerprint density at radius 1 is 1.56 bits per heavy atom. The van der Waals surface area contributed by atoms with Gasteiger partial charge in [0.25, 0.3) is 10.0 Å². The number of rotatable bonds is 6. The molecule has 0 aliphatic rings. The number of hydrogen-bond acceptors (Lipinski definition) is 5. The highest BCUT2D eigenvalue weighted by Crippen LogP contribution is 2.13. The van der Waals surface area contributed by atoms with Crippen LogP contribution >= 0.6 is 11.8 Å². The predicted molar refractivity (Wildman–Crippen MR) is 66.8 cm³/mol. The van der Waals surface area contributed by atoms with E-state index in [0.29, 0.717) is 6.54 Å². The molecular formula is C9H15N3O2S2. The predicted octanol–water partition coefficient (Wildman–Crippen LogP) is 0.695. The van der Waals surface area contributed by atoms with Crippen LogP contribution in [0.25, 0.3) is 0 Å². The van der Waals surface area contributed by atoms with Crippen molar-refractivity contribution >= 4 is 27.5 Å². The molecule has 1 aromatic rings. The zero-order valence-electron chi connectivity index (χ0n) is 9.01. The largest absolute Gasteiger partial charge is 0.396 e. The highest BCUT2D eigenvalue weighted by molar-refractivity contribution is 7.98. The summed E-state index contributed by atoms with van der Waals surface area (Å²) in [5.41, 5.74) is 5.72. The van der Waals surface area contributed by atoms with Gasteiger partial charge in [-0.15, -0.1) is 0 Å². The monoisotopic (exact) mass is 261 g/mol. The normalized spacial score (nSPS) is 11.6. The van der Waals surface area contributed by atoms with Gasteiger partial charge in [0.2, 0.25) is 0 Å². The first-order valence-electron chi connectivity index (χ1n) is 4.77. The summed E-state index contributed by atoms with van der Waals surface area (Å²) >= 11 is 1.68. The molecule has 3 N–H and O–H groups in total. The number of sulfonamides is 1. The Labute approximate surface area is 99.9 Å². The molecule has 0 fully saturated rings. The Morgan fingerprint density at radius 2 is 2.31 bits per heavy atom. The molecule has 0 amide bonds. The molecule has 0 radical (unpaired) electrons. The Morgan fingerprint density at radius 3 is 2.94 bits per heavy atom. The number of pyridine rings is 1. The lowest BCUT2D eigenvalue weighted by molar-refractivity contribution is 0.578. The lowest BCUT2D eigenvalue weighted by Gasteiger charge is -2.07. The van der Waals surface area contributed by atoms with E-state index in [9.17, 15) is 8.42 Å². The van der Waals surface area contributed by atoms with Gasteiger partial charge in [-0.1, -0.05) is 0 Å². The molecule has 1 rings (SSSR count). The molecule has 0 saturated heterocycles. The molecule has 90 valence electrons. The van der Waals surface area contributed by atoms with Crippen LogP contribution in [0, 0.1) is 0 Å². The number of nitrogens with two attached hydrogens (primary N) is 1. The van der Waals surface area contributed by atoms with Crippen LogP contribution in [0.5, 0.6) is 0 Å². The van der Waals surface area contributed by atoms with Gasteiger partial charge in [0.1, 0.15) is 0 Å². The standard InChI is InChI=1S/C9H15N3O2S2/c1-15-7-3-6-12-16(13,14)9-8(10)4-2-5-11-9/h2,4-5,12H,3,6-7,10H2,1H3. The van der Waals surface area contributed by atoms with Gasteiger partial charge < -0.3 is 5.73 Å². The molecule has 0 saturated carbocycles. The molecule has 0 atom stereocenters. The smallest absolute Gasteiger partial charge is 0.260 e. The Hall–Kier alpha value is -0.790. The minimum Gasteiger partial charge on any atom is -0.396 e. The van der Waals surface area contributed by atoms with Crippen LogP contribution in [-0.2, 0) is 10.0 Å². The van der Waals surface area contributed by atoms with Crippen LogP contribution in [-0.4, -0.2) is 32.0 Å². The maximum Gasteiger partial charge on any atom is 0.260 e. The minimum absolute atomic E-state index is 0.0980. The summed E-state index contributed by atoms with van der Waals surface area (Å²) in [6.07, 6.45) is 4.17. The van der Waals surface area contributed by atoms with Crippen LogP contribution < -0.4 is 10.5 Å². The van der Waals surface area contributed by atoms with Gasteiger partial charge in [0.15, 0.2) is 5.03 Å². The number of hydrogen-bond donors (Lipinski definition) is 2. The maximum atomic E-state index is 11.8. The van der Waals surface area contributed by atoms with Crippen molar-refractivity contribution in [2.24, 2.45) is 0 Å². The van der Waals surface area contributed by atoms with E-state index in [2.05, 4.69) is 9.71 Å². The third kappa shape index (κ3) is 3.66. The first kappa shape index (κ1) is 13.3. The van der Waals surface area contributed by atoms with Gasteiger partial charge in [-0.3, -0.25) is 0 Å². The second-order valence-corrected chi connectivity index (χ2v) is 5.81. The molecule has 0 aliphatic heterocycles. The Bertz CT molecular complexity index is 434. The van der Waals surface area contributed by atoms with E-state index in [1.807, 2.05) is 6.26 Å². The first-order valence-corrected chi connectivity index (χ1v) is 7.64. The summed E-state index contributed by atoms with van der Waals surface area (Å²) in [5, 5.41) is -0.0980. The van der Waals surface area contributed by atoms with Crippen molar-refractivity contribution in [1.82, 2.24) is 9.71 Å². The van der Waals surface area contributed by atoms with Crippen molar-refractivity contribution in [1.29, 1.82) is 0 Å². The van der Waals surface area contributed by atoms with E-state index < -0.39 is 10.0 Å². The van der Waals surface area contributed by atoms with Crippen molar-refractivity contribution in [2.75, 3.05) is 24.3 Å². The van der Waals surface area contributed by atoms with Crippen molar-refractivity contribution in [3.8, 4) is 0 Å². The lowest BCUT2D eigenvalue weighted by atomic mass is 10.4.